The van der Waals surface area contributed by atoms with Gasteiger partial charge in [-0.15, -0.1) is 6.58 Å². The van der Waals surface area contributed by atoms with Crippen molar-refractivity contribution in [3.05, 3.63) is 47.5 Å². The molecule has 0 amide bonds. The summed E-state index contributed by atoms with van der Waals surface area (Å²) in [5.41, 5.74) is 1.16. The van der Waals surface area contributed by atoms with Crippen molar-refractivity contribution in [3.8, 4) is 0 Å². The third-order valence-electron chi connectivity index (χ3n) is 2.71. The summed E-state index contributed by atoms with van der Waals surface area (Å²) < 4.78 is 0. The molecule has 0 saturated heterocycles. The highest BCUT2D eigenvalue weighted by atomic mass is 35.5. The highest BCUT2D eigenvalue weighted by Gasteiger charge is 2.11. The third kappa shape index (κ3) is 3.99. The first-order chi connectivity index (χ1) is 7.65. The van der Waals surface area contributed by atoms with Crippen molar-refractivity contribution in [1.29, 1.82) is 0 Å². The normalized spacial score (nSPS) is 14.4. The van der Waals surface area contributed by atoms with Crippen molar-refractivity contribution in [2.75, 3.05) is 0 Å². The number of nitrogens with one attached hydrogen (secondary N) is 1. The van der Waals surface area contributed by atoms with Gasteiger partial charge in [0.05, 0.1) is 0 Å². The summed E-state index contributed by atoms with van der Waals surface area (Å²) >= 11 is 6.15. The van der Waals surface area contributed by atoms with Crippen molar-refractivity contribution in [3.63, 3.8) is 0 Å². The van der Waals surface area contributed by atoms with E-state index in [1.165, 1.54) is 0 Å². The number of hydrogen-bond donors (Lipinski definition) is 1. The van der Waals surface area contributed by atoms with Crippen molar-refractivity contribution < 1.29 is 0 Å². The maximum Gasteiger partial charge on any atom is 0.0453 e. The molecule has 1 aromatic carbocycles. The Balaban J connectivity index is 2.55. The van der Waals surface area contributed by atoms with Crippen LogP contribution in [0.1, 0.15) is 38.3 Å². The second-order valence-corrected chi connectivity index (χ2v) is 4.58. The zero-order valence-electron chi connectivity index (χ0n) is 10.0. The molecule has 1 rings (SSSR count). The monoisotopic (exact) mass is 237 g/mol. The van der Waals surface area contributed by atoms with Gasteiger partial charge in [0.25, 0.3) is 0 Å². The summed E-state index contributed by atoms with van der Waals surface area (Å²) in [6, 6.07) is 8.75. The van der Waals surface area contributed by atoms with E-state index in [9.17, 15) is 0 Å². The van der Waals surface area contributed by atoms with Crippen LogP contribution in [0.4, 0.5) is 0 Å². The van der Waals surface area contributed by atoms with E-state index in [-0.39, 0.29) is 6.04 Å². The Morgan fingerprint density at radius 1 is 1.38 bits per heavy atom. The highest BCUT2D eigenvalue weighted by molar-refractivity contribution is 6.31. The largest absolute Gasteiger partial charge is 0.308 e. The summed E-state index contributed by atoms with van der Waals surface area (Å²) in [6.07, 6.45) is 4.11. The maximum atomic E-state index is 6.15. The lowest BCUT2D eigenvalue weighted by Gasteiger charge is -2.20. The molecule has 0 fully saturated rings. The van der Waals surface area contributed by atoms with Crippen LogP contribution in [0.2, 0.25) is 5.02 Å². The lowest BCUT2D eigenvalue weighted by atomic mass is 10.1. The molecular weight excluding hydrogens is 218 g/mol. The van der Waals surface area contributed by atoms with E-state index in [0.717, 1.165) is 23.4 Å². The average molecular weight is 238 g/mol. The van der Waals surface area contributed by atoms with Crippen molar-refractivity contribution in [1.82, 2.24) is 5.32 Å². The van der Waals surface area contributed by atoms with Crippen LogP contribution < -0.4 is 5.32 Å². The molecule has 16 heavy (non-hydrogen) atoms. The quantitative estimate of drug-likeness (QED) is 0.726. The standard InChI is InChI=1S/C14H20ClN/c1-4-5-8-11(2)16-12(3)13-9-6-7-10-14(13)15/h4,6-7,9-12,16H,1,5,8H2,2-3H3/t11?,12-/m1/s1. The second kappa shape index (κ2) is 6.72. The Morgan fingerprint density at radius 2 is 2.06 bits per heavy atom. The van der Waals surface area contributed by atoms with Crippen molar-refractivity contribution >= 4 is 11.6 Å². The summed E-state index contributed by atoms with van der Waals surface area (Å²) in [5, 5.41) is 4.37. The van der Waals surface area contributed by atoms with E-state index in [0.29, 0.717) is 6.04 Å². The van der Waals surface area contributed by atoms with E-state index >= 15 is 0 Å². The molecule has 1 aromatic rings. The van der Waals surface area contributed by atoms with Crippen molar-refractivity contribution in [2.45, 2.75) is 38.8 Å². The molecule has 88 valence electrons. The van der Waals surface area contributed by atoms with Gasteiger partial charge in [0.15, 0.2) is 0 Å². The Hall–Kier alpha value is -0.790. The van der Waals surface area contributed by atoms with Crippen LogP contribution in [0, 0.1) is 0 Å². The Labute approximate surface area is 104 Å². The topological polar surface area (TPSA) is 12.0 Å². The van der Waals surface area contributed by atoms with Crippen LogP contribution >= 0.6 is 11.6 Å². The van der Waals surface area contributed by atoms with E-state index in [1.54, 1.807) is 0 Å². The smallest absolute Gasteiger partial charge is 0.0453 e. The predicted molar refractivity (Wildman–Crippen MR) is 71.9 cm³/mol. The molecule has 0 aliphatic rings. The molecule has 0 aliphatic heterocycles. The van der Waals surface area contributed by atoms with Crippen LogP contribution in [0.3, 0.4) is 0 Å². The van der Waals surface area contributed by atoms with Gasteiger partial charge in [0.2, 0.25) is 0 Å². The Morgan fingerprint density at radius 3 is 2.69 bits per heavy atom. The van der Waals surface area contributed by atoms with Gasteiger partial charge >= 0.3 is 0 Å². The molecular formula is C14H20ClN. The van der Waals surface area contributed by atoms with Gasteiger partial charge in [-0.05, 0) is 38.3 Å². The molecule has 2 heteroatoms. The van der Waals surface area contributed by atoms with Crippen molar-refractivity contribution in [2.24, 2.45) is 0 Å². The highest BCUT2D eigenvalue weighted by Crippen LogP contribution is 2.22. The lowest BCUT2D eigenvalue weighted by molar-refractivity contribution is 0.459. The molecule has 0 heterocycles. The van der Waals surface area contributed by atoms with Crippen LogP contribution in [0.15, 0.2) is 36.9 Å². The average Bonchev–Trinajstić information content (AvgIpc) is 2.26. The van der Waals surface area contributed by atoms with E-state index in [4.69, 9.17) is 11.6 Å². The Bertz CT molecular complexity index is 335. The van der Waals surface area contributed by atoms with Gasteiger partial charge in [-0.3, -0.25) is 0 Å². The van der Waals surface area contributed by atoms with Crippen LogP contribution in [0.25, 0.3) is 0 Å². The fourth-order valence-electron chi connectivity index (χ4n) is 1.79. The molecule has 0 bridgehead atoms. The summed E-state index contributed by atoms with van der Waals surface area (Å²) in [7, 11) is 0. The van der Waals surface area contributed by atoms with E-state index in [1.807, 2.05) is 24.3 Å². The molecule has 1 N–H and O–H groups in total. The SMILES string of the molecule is C=CCCC(C)N[C@H](C)c1ccccc1Cl. The third-order valence-corrected chi connectivity index (χ3v) is 3.05. The minimum absolute atomic E-state index is 0.286. The summed E-state index contributed by atoms with van der Waals surface area (Å²) in [6.45, 7) is 8.07. The number of benzene rings is 1. The zero-order chi connectivity index (χ0) is 12.0. The first-order valence-corrected chi connectivity index (χ1v) is 6.14. The molecule has 0 radical (unpaired) electrons. The van der Waals surface area contributed by atoms with Gasteiger partial charge < -0.3 is 5.32 Å². The molecule has 2 atom stereocenters. The van der Waals surface area contributed by atoms with Gasteiger partial charge in [-0.1, -0.05) is 35.9 Å². The van der Waals surface area contributed by atoms with Gasteiger partial charge in [0, 0.05) is 17.1 Å². The number of halogens is 1. The number of hydrogen-bond acceptors (Lipinski definition) is 1. The van der Waals surface area contributed by atoms with Gasteiger partial charge in [0.1, 0.15) is 0 Å². The summed E-state index contributed by atoms with van der Waals surface area (Å²) in [5.74, 6) is 0. The first kappa shape index (κ1) is 13.3. The Kier molecular flexibility index (Phi) is 5.58. The predicted octanol–water partition coefficient (Wildman–Crippen LogP) is 4.35. The molecule has 0 aromatic heterocycles. The molecule has 0 saturated carbocycles. The number of allylic oxidation sites excluding steroid dienone is 1. The van der Waals surface area contributed by atoms with Crippen LogP contribution in [-0.2, 0) is 0 Å². The van der Waals surface area contributed by atoms with Crippen LogP contribution in [-0.4, -0.2) is 6.04 Å². The fraction of sp³-hybridized carbons (Fsp3) is 0.429. The molecule has 1 nitrogen and oxygen atoms in total. The van der Waals surface area contributed by atoms with E-state index in [2.05, 4.69) is 31.8 Å². The lowest BCUT2D eigenvalue weighted by Crippen LogP contribution is -2.28. The second-order valence-electron chi connectivity index (χ2n) is 4.18. The molecule has 1 unspecified atom stereocenters. The van der Waals surface area contributed by atoms with E-state index < -0.39 is 0 Å². The minimum Gasteiger partial charge on any atom is -0.308 e. The first-order valence-electron chi connectivity index (χ1n) is 5.76. The zero-order valence-corrected chi connectivity index (χ0v) is 10.8. The van der Waals surface area contributed by atoms with Gasteiger partial charge in [-0.25, -0.2) is 0 Å². The molecule has 0 aliphatic carbocycles. The fourth-order valence-corrected chi connectivity index (χ4v) is 2.09. The minimum atomic E-state index is 0.286. The van der Waals surface area contributed by atoms with Gasteiger partial charge in [-0.2, -0.15) is 0 Å². The summed E-state index contributed by atoms with van der Waals surface area (Å²) in [4.78, 5) is 0. The molecule has 0 spiro atoms. The van der Waals surface area contributed by atoms with Crippen LogP contribution in [0.5, 0.6) is 0 Å². The number of rotatable bonds is 6. The maximum absolute atomic E-state index is 6.15.